The Hall–Kier alpha value is -4.30. The van der Waals surface area contributed by atoms with E-state index in [1.54, 1.807) is 17.5 Å². The molecule has 0 aliphatic heterocycles. The van der Waals surface area contributed by atoms with Crippen LogP contribution in [-0.4, -0.2) is 21.0 Å². The van der Waals surface area contributed by atoms with E-state index in [9.17, 15) is 4.79 Å². The van der Waals surface area contributed by atoms with Gasteiger partial charge in [0, 0.05) is 40.6 Å². The van der Waals surface area contributed by atoms with Crippen LogP contribution < -0.4 is 16.4 Å². The number of fused-ring (bicyclic) bond motifs is 1. The standard InChI is InChI=1S/C27H24N6OS/c1-16-10-17(2)12-21(11-16)33-27(34)32-20-7-5-19(6-8-20)23-22(13-18-4-3-9-29-14-18)35-26-24(23)25(28)30-15-31-26/h3-12,14-15H,13H2,1-2H3,(H2,28,30,31)(H2,32,33,34). The largest absolute Gasteiger partial charge is 0.383 e. The number of anilines is 3. The number of nitrogens with one attached hydrogen (secondary N) is 2. The zero-order valence-corrected chi connectivity index (χ0v) is 20.2. The van der Waals surface area contributed by atoms with Gasteiger partial charge in [-0.05, 0) is 66.4 Å². The second-order valence-corrected chi connectivity index (χ2v) is 9.49. The topological polar surface area (TPSA) is 106 Å². The maximum Gasteiger partial charge on any atom is 0.323 e. The smallest absolute Gasteiger partial charge is 0.323 e. The molecular weight excluding hydrogens is 456 g/mol. The molecule has 3 heterocycles. The Balaban J connectivity index is 1.42. The number of amides is 2. The van der Waals surface area contributed by atoms with Crippen molar-refractivity contribution in [1.82, 2.24) is 15.0 Å². The highest BCUT2D eigenvalue weighted by Crippen LogP contribution is 2.41. The molecule has 7 nitrogen and oxygen atoms in total. The number of aryl methyl sites for hydroxylation is 2. The predicted octanol–water partition coefficient (Wildman–Crippen LogP) is 6.19. The molecule has 5 rings (SSSR count). The third-order valence-corrected chi connectivity index (χ3v) is 6.69. The van der Waals surface area contributed by atoms with Crippen molar-refractivity contribution in [3.63, 3.8) is 0 Å². The zero-order chi connectivity index (χ0) is 24.4. The number of nitrogen functional groups attached to an aromatic ring is 1. The van der Waals surface area contributed by atoms with Gasteiger partial charge in [0.2, 0.25) is 0 Å². The number of thiophene rings is 1. The van der Waals surface area contributed by atoms with Gasteiger partial charge in [-0.3, -0.25) is 4.98 Å². The first-order valence-electron chi connectivity index (χ1n) is 11.1. The van der Waals surface area contributed by atoms with Gasteiger partial charge in [-0.2, -0.15) is 0 Å². The lowest BCUT2D eigenvalue weighted by Crippen LogP contribution is -2.19. The van der Waals surface area contributed by atoms with Crippen molar-refractivity contribution in [1.29, 1.82) is 0 Å². The number of urea groups is 1. The van der Waals surface area contributed by atoms with Gasteiger partial charge >= 0.3 is 6.03 Å². The molecule has 3 aromatic heterocycles. The molecule has 2 aromatic carbocycles. The van der Waals surface area contributed by atoms with E-state index in [-0.39, 0.29) is 6.03 Å². The Morgan fingerprint density at radius 3 is 2.43 bits per heavy atom. The molecule has 8 heteroatoms. The van der Waals surface area contributed by atoms with Crippen LogP contribution in [0.25, 0.3) is 21.3 Å². The minimum atomic E-state index is -0.293. The summed E-state index contributed by atoms with van der Waals surface area (Å²) in [6, 6.07) is 17.4. The Bertz CT molecular complexity index is 1490. The Morgan fingerprint density at radius 1 is 0.971 bits per heavy atom. The highest BCUT2D eigenvalue weighted by atomic mass is 32.1. The third-order valence-electron chi connectivity index (χ3n) is 5.59. The van der Waals surface area contributed by atoms with Crippen LogP contribution in [0.3, 0.4) is 0 Å². The van der Waals surface area contributed by atoms with Gasteiger partial charge in [-0.15, -0.1) is 11.3 Å². The van der Waals surface area contributed by atoms with Gasteiger partial charge in [0.15, 0.2) is 0 Å². The quantitative estimate of drug-likeness (QED) is 0.278. The summed E-state index contributed by atoms with van der Waals surface area (Å²) in [5.41, 5.74) is 13.0. The number of carbonyl (C=O) groups excluding carboxylic acids is 1. The minimum Gasteiger partial charge on any atom is -0.383 e. The number of pyridine rings is 1. The lowest BCUT2D eigenvalue weighted by molar-refractivity contribution is 0.262. The number of nitrogens with two attached hydrogens (primary N) is 1. The SMILES string of the molecule is Cc1cc(C)cc(NC(=O)Nc2ccc(-c3c(Cc4cccnc4)sc4ncnc(N)c34)cc2)c1. The Labute approximate surface area is 207 Å². The van der Waals surface area contributed by atoms with Crippen LogP contribution in [0.2, 0.25) is 0 Å². The van der Waals surface area contributed by atoms with E-state index < -0.39 is 0 Å². The second kappa shape index (κ2) is 9.52. The summed E-state index contributed by atoms with van der Waals surface area (Å²) in [6.07, 6.45) is 5.83. The number of nitrogens with zero attached hydrogens (tertiary/aromatic N) is 3. The van der Waals surface area contributed by atoms with Crippen molar-refractivity contribution < 1.29 is 4.79 Å². The average molecular weight is 481 g/mol. The molecule has 0 aliphatic carbocycles. The number of aromatic nitrogens is 3. The van der Waals surface area contributed by atoms with Crippen molar-refractivity contribution in [2.75, 3.05) is 16.4 Å². The van der Waals surface area contributed by atoms with Crippen LogP contribution in [0.15, 0.2) is 73.3 Å². The van der Waals surface area contributed by atoms with Crippen LogP contribution >= 0.6 is 11.3 Å². The summed E-state index contributed by atoms with van der Waals surface area (Å²) in [4.78, 5) is 27.4. The summed E-state index contributed by atoms with van der Waals surface area (Å²) in [6.45, 7) is 4.01. The highest BCUT2D eigenvalue weighted by molar-refractivity contribution is 7.19. The molecule has 2 amide bonds. The number of benzene rings is 2. The molecule has 0 aliphatic rings. The van der Waals surface area contributed by atoms with Crippen LogP contribution in [0, 0.1) is 13.8 Å². The molecular formula is C27H24N6OS. The fourth-order valence-corrected chi connectivity index (χ4v) is 5.38. The molecule has 0 bridgehead atoms. The summed E-state index contributed by atoms with van der Waals surface area (Å²) < 4.78 is 0. The van der Waals surface area contributed by atoms with Gasteiger partial charge in [0.05, 0.1) is 5.39 Å². The molecule has 35 heavy (non-hydrogen) atoms. The van der Waals surface area contributed by atoms with Crippen LogP contribution in [0.5, 0.6) is 0 Å². The first-order valence-corrected chi connectivity index (χ1v) is 12.0. The third kappa shape index (κ3) is 4.97. The summed E-state index contributed by atoms with van der Waals surface area (Å²) in [7, 11) is 0. The van der Waals surface area contributed by atoms with E-state index in [1.165, 1.54) is 6.33 Å². The Morgan fingerprint density at radius 2 is 1.71 bits per heavy atom. The van der Waals surface area contributed by atoms with Crippen molar-refractivity contribution in [3.8, 4) is 11.1 Å². The first kappa shape index (κ1) is 22.5. The maximum absolute atomic E-state index is 12.5. The molecule has 0 unspecified atom stereocenters. The lowest BCUT2D eigenvalue weighted by Gasteiger charge is -2.11. The monoisotopic (exact) mass is 480 g/mol. The maximum atomic E-state index is 12.5. The molecule has 0 fully saturated rings. The first-order chi connectivity index (χ1) is 17.0. The molecule has 174 valence electrons. The van der Waals surface area contributed by atoms with E-state index in [0.717, 1.165) is 48.6 Å². The van der Waals surface area contributed by atoms with Crippen LogP contribution in [-0.2, 0) is 6.42 Å². The van der Waals surface area contributed by atoms with Gasteiger partial charge in [0.1, 0.15) is 17.0 Å². The molecule has 4 N–H and O–H groups in total. The Kier molecular flexibility index (Phi) is 6.12. The summed E-state index contributed by atoms with van der Waals surface area (Å²) in [5.74, 6) is 0.453. The molecule has 0 spiro atoms. The molecule has 0 atom stereocenters. The van der Waals surface area contributed by atoms with E-state index in [1.807, 2.05) is 62.5 Å². The molecule has 0 saturated carbocycles. The van der Waals surface area contributed by atoms with Crippen LogP contribution in [0.4, 0.5) is 22.0 Å². The van der Waals surface area contributed by atoms with E-state index in [2.05, 4.69) is 37.7 Å². The lowest BCUT2D eigenvalue weighted by atomic mass is 10.00. The second-order valence-electron chi connectivity index (χ2n) is 8.41. The van der Waals surface area contributed by atoms with Crippen molar-refractivity contribution in [3.05, 3.63) is 94.9 Å². The molecule has 0 radical (unpaired) electrons. The molecule has 0 saturated heterocycles. The number of rotatable bonds is 5. The predicted molar refractivity (Wildman–Crippen MR) is 143 cm³/mol. The van der Waals surface area contributed by atoms with Gasteiger partial charge < -0.3 is 16.4 Å². The fourth-order valence-electron chi connectivity index (χ4n) is 4.18. The zero-order valence-electron chi connectivity index (χ0n) is 19.4. The molecule has 5 aromatic rings. The normalized spacial score (nSPS) is 10.9. The minimum absolute atomic E-state index is 0.293. The fraction of sp³-hybridized carbons (Fsp3) is 0.111. The van der Waals surface area contributed by atoms with E-state index >= 15 is 0 Å². The van der Waals surface area contributed by atoms with Crippen molar-refractivity contribution in [2.24, 2.45) is 0 Å². The average Bonchev–Trinajstić information content (AvgIpc) is 3.18. The van der Waals surface area contributed by atoms with Crippen molar-refractivity contribution >= 4 is 44.8 Å². The highest BCUT2D eigenvalue weighted by Gasteiger charge is 2.18. The number of hydrogen-bond donors (Lipinski definition) is 3. The summed E-state index contributed by atoms with van der Waals surface area (Å²) >= 11 is 1.61. The van der Waals surface area contributed by atoms with Crippen LogP contribution in [0.1, 0.15) is 21.6 Å². The number of carbonyl (C=O) groups is 1. The van der Waals surface area contributed by atoms with E-state index in [4.69, 9.17) is 5.73 Å². The van der Waals surface area contributed by atoms with E-state index in [0.29, 0.717) is 17.9 Å². The van der Waals surface area contributed by atoms with Crippen molar-refractivity contribution in [2.45, 2.75) is 20.3 Å². The van der Waals surface area contributed by atoms with Gasteiger partial charge in [-0.1, -0.05) is 24.3 Å². The summed E-state index contributed by atoms with van der Waals surface area (Å²) in [5, 5.41) is 6.65. The number of hydrogen-bond acceptors (Lipinski definition) is 6. The van der Waals surface area contributed by atoms with Gasteiger partial charge in [-0.25, -0.2) is 14.8 Å². The van der Waals surface area contributed by atoms with Gasteiger partial charge in [0.25, 0.3) is 0 Å².